The third-order valence-corrected chi connectivity index (χ3v) is 4.72. The second-order valence-electron chi connectivity index (χ2n) is 7.44. The first-order chi connectivity index (χ1) is 14.8. The van der Waals surface area contributed by atoms with Gasteiger partial charge in [-0.1, -0.05) is 6.07 Å². The van der Waals surface area contributed by atoms with Crippen LogP contribution in [0.3, 0.4) is 0 Å². The molecule has 0 atom stereocenters. The molecule has 31 heavy (non-hydrogen) atoms. The Kier molecular flexibility index (Phi) is 5.28. The number of aromatic nitrogens is 7. The van der Waals surface area contributed by atoms with E-state index < -0.39 is 11.7 Å². The van der Waals surface area contributed by atoms with Gasteiger partial charge < -0.3 is 9.88 Å². The number of pyridine rings is 1. The van der Waals surface area contributed by atoms with E-state index in [9.17, 15) is 9.18 Å². The molecule has 4 rings (SSSR count). The number of rotatable bonds is 5. The van der Waals surface area contributed by atoms with E-state index >= 15 is 0 Å². The van der Waals surface area contributed by atoms with Crippen LogP contribution in [-0.4, -0.2) is 40.6 Å². The number of nitrogens with one attached hydrogen (secondary N) is 1. The van der Waals surface area contributed by atoms with Gasteiger partial charge >= 0.3 is 0 Å². The normalized spacial score (nSPS) is 11.2. The van der Waals surface area contributed by atoms with Gasteiger partial charge in [-0.05, 0) is 68.0 Å². The number of halogens is 1. The number of aryl methyl sites for hydroxylation is 2. The Balaban J connectivity index is 1.64. The maximum absolute atomic E-state index is 14.6. The number of hydrogen-bond acceptors (Lipinski definition) is 6. The summed E-state index contributed by atoms with van der Waals surface area (Å²) in [5.41, 5.74) is 2.58. The van der Waals surface area contributed by atoms with E-state index in [1.165, 1.54) is 12.1 Å². The summed E-state index contributed by atoms with van der Waals surface area (Å²) in [6.45, 7) is 7.53. The van der Waals surface area contributed by atoms with Crippen molar-refractivity contribution in [2.75, 3.05) is 5.32 Å². The van der Waals surface area contributed by atoms with Crippen molar-refractivity contribution >= 4 is 11.7 Å². The van der Waals surface area contributed by atoms with Crippen LogP contribution in [-0.2, 0) is 0 Å². The SMILES string of the molecule is Cc1cn(-c2cc(C(=O)Nc3cccc(-c4nnnn4C(C)C)n3)c(F)cc2C)cn1. The van der Waals surface area contributed by atoms with Crippen LogP contribution in [0, 0.1) is 19.7 Å². The maximum Gasteiger partial charge on any atom is 0.259 e. The lowest BCUT2D eigenvalue weighted by atomic mass is 10.1. The summed E-state index contributed by atoms with van der Waals surface area (Å²) in [6.07, 6.45) is 3.44. The van der Waals surface area contributed by atoms with Gasteiger partial charge in [-0.3, -0.25) is 4.79 Å². The average molecular weight is 420 g/mol. The molecule has 0 bridgehead atoms. The fourth-order valence-corrected chi connectivity index (χ4v) is 3.19. The molecule has 0 saturated carbocycles. The van der Waals surface area contributed by atoms with Gasteiger partial charge in [0.05, 0.1) is 29.3 Å². The highest BCUT2D eigenvalue weighted by Crippen LogP contribution is 2.22. The predicted octanol–water partition coefficient (Wildman–Crippen LogP) is 3.51. The molecule has 158 valence electrons. The molecule has 0 spiro atoms. The summed E-state index contributed by atoms with van der Waals surface area (Å²) in [4.78, 5) is 21.5. The molecule has 4 aromatic rings. The Labute approximate surface area is 178 Å². The second-order valence-corrected chi connectivity index (χ2v) is 7.44. The van der Waals surface area contributed by atoms with E-state index in [2.05, 4.69) is 30.8 Å². The first-order valence-corrected chi connectivity index (χ1v) is 9.71. The Morgan fingerprint density at radius 3 is 2.71 bits per heavy atom. The minimum Gasteiger partial charge on any atom is -0.306 e. The molecule has 9 nitrogen and oxygen atoms in total. The van der Waals surface area contributed by atoms with Crippen LogP contribution in [0.1, 0.15) is 41.5 Å². The second kappa shape index (κ2) is 8.05. The lowest BCUT2D eigenvalue weighted by molar-refractivity contribution is 0.102. The molecule has 0 saturated heterocycles. The first kappa shape index (κ1) is 20.3. The number of tetrazole rings is 1. The number of hydrogen-bond donors (Lipinski definition) is 1. The van der Waals surface area contributed by atoms with Gasteiger partial charge in [0.1, 0.15) is 17.3 Å². The molecular formula is C21H21FN8O. The molecule has 0 fully saturated rings. The van der Waals surface area contributed by atoms with E-state index in [1.54, 1.807) is 40.7 Å². The molecule has 0 radical (unpaired) electrons. The highest BCUT2D eigenvalue weighted by molar-refractivity contribution is 6.04. The van der Waals surface area contributed by atoms with Crippen molar-refractivity contribution in [2.45, 2.75) is 33.7 Å². The zero-order chi connectivity index (χ0) is 22.1. The third kappa shape index (κ3) is 4.04. The van der Waals surface area contributed by atoms with Crippen LogP contribution in [0.4, 0.5) is 10.2 Å². The van der Waals surface area contributed by atoms with Crippen molar-refractivity contribution in [3.63, 3.8) is 0 Å². The summed E-state index contributed by atoms with van der Waals surface area (Å²) >= 11 is 0. The van der Waals surface area contributed by atoms with E-state index in [4.69, 9.17) is 0 Å². The van der Waals surface area contributed by atoms with Crippen molar-refractivity contribution in [1.82, 2.24) is 34.7 Å². The molecule has 0 aliphatic rings. The molecule has 3 aromatic heterocycles. The van der Waals surface area contributed by atoms with Gasteiger partial charge in [-0.2, -0.15) is 0 Å². The molecule has 1 N–H and O–H groups in total. The number of amides is 1. The summed E-state index contributed by atoms with van der Waals surface area (Å²) in [5, 5.41) is 14.3. The fraction of sp³-hybridized carbons (Fsp3) is 0.238. The number of imidazole rings is 1. The van der Waals surface area contributed by atoms with Gasteiger partial charge in [-0.25, -0.2) is 19.0 Å². The summed E-state index contributed by atoms with van der Waals surface area (Å²) < 4.78 is 18.0. The monoisotopic (exact) mass is 420 g/mol. The highest BCUT2D eigenvalue weighted by atomic mass is 19.1. The number of benzene rings is 1. The molecular weight excluding hydrogens is 399 g/mol. The van der Waals surface area contributed by atoms with Crippen LogP contribution in [0.25, 0.3) is 17.2 Å². The largest absolute Gasteiger partial charge is 0.306 e. The average Bonchev–Trinajstić information content (AvgIpc) is 3.37. The van der Waals surface area contributed by atoms with E-state index in [1.807, 2.05) is 27.0 Å². The van der Waals surface area contributed by atoms with Crippen LogP contribution >= 0.6 is 0 Å². The minimum absolute atomic E-state index is 0.0388. The number of carbonyl (C=O) groups is 1. The predicted molar refractivity (Wildman–Crippen MR) is 112 cm³/mol. The highest BCUT2D eigenvalue weighted by Gasteiger charge is 2.18. The van der Waals surface area contributed by atoms with Crippen LogP contribution in [0.2, 0.25) is 0 Å². The third-order valence-electron chi connectivity index (χ3n) is 4.72. The van der Waals surface area contributed by atoms with Crippen molar-refractivity contribution in [3.05, 3.63) is 65.5 Å². The molecule has 10 heteroatoms. The molecule has 0 aliphatic heterocycles. The molecule has 3 heterocycles. The number of carbonyl (C=O) groups excluding carboxylic acids is 1. The van der Waals surface area contributed by atoms with Crippen LogP contribution in [0.15, 0.2) is 42.9 Å². The van der Waals surface area contributed by atoms with Gasteiger partial charge in [0.25, 0.3) is 5.91 Å². The topological polar surface area (TPSA) is 103 Å². The lowest BCUT2D eigenvalue weighted by Crippen LogP contribution is -2.16. The van der Waals surface area contributed by atoms with Gasteiger partial charge in [0.15, 0.2) is 0 Å². The zero-order valence-corrected chi connectivity index (χ0v) is 17.5. The number of nitrogens with zero attached hydrogens (tertiary/aromatic N) is 7. The maximum atomic E-state index is 14.6. The lowest BCUT2D eigenvalue weighted by Gasteiger charge is -2.12. The van der Waals surface area contributed by atoms with Crippen LogP contribution < -0.4 is 5.32 Å². The summed E-state index contributed by atoms with van der Waals surface area (Å²) in [6, 6.07) is 7.97. The van der Waals surface area contributed by atoms with Crippen molar-refractivity contribution < 1.29 is 9.18 Å². The summed E-state index contributed by atoms with van der Waals surface area (Å²) in [7, 11) is 0. The number of anilines is 1. The standard InChI is InChI=1S/C21H21FN8O/c1-12(2)30-20(26-27-28-30)17-6-5-7-19(24-17)25-21(31)15-9-18(13(3)8-16(15)22)29-10-14(4)23-11-29/h5-12H,1-4H3,(H,24,25,31). The zero-order valence-electron chi connectivity index (χ0n) is 17.5. The van der Waals surface area contributed by atoms with Gasteiger partial charge in [0, 0.05) is 6.20 Å². The van der Waals surface area contributed by atoms with Gasteiger partial charge in [-0.15, -0.1) is 5.10 Å². The Morgan fingerprint density at radius 1 is 1.19 bits per heavy atom. The van der Waals surface area contributed by atoms with Crippen molar-refractivity contribution in [1.29, 1.82) is 0 Å². The first-order valence-electron chi connectivity index (χ1n) is 9.71. The smallest absolute Gasteiger partial charge is 0.259 e. The van der Waals surface area contributed by atoms with Crippen molar-refractivity contribution in [3.8, 4) is 17.2 Å². The Morgan fingerprint density at radius 2 is 2.00 bits per heavy atom. The van der Waals surface area contributed by atoms with Crippen molar-refractivity contribution in [2.24, 2.45) is 0 Å². The quantitative estimate of drug-likeness (QED) is 0.530. The minimum atomic E-state index is -0.615. The van der Waals surface area contributed by atoms with E-state index in [-0.39, 0.29) is 17.4 Å². The van der Waals surface area contributed by atoms with Crippen LogP contribution in [0.5, 0.6) is 0 Å². The summed E-state index contributed by atoms with van der Waals surface area (Å²) in [5.74, 6) is -0.481. The molecule has 0 aliphatic carbocycles. The fourth-order valence-electron chi connectivity index (χ4n) is 3.19. The molecule has 0 unspecified atom stereocenters. The Hall–Kier alpha value is -3.95. The van der Waals surface area contributed by atoms with E-state index in [0.29, 0.717) is 22.8 Å². The van der Waals surface area contributed by atoms with E-state index in [0.717, 1.165) is 5.69 Å². The Bertz CT molecular complexity index is 1260. The molecule has 1 amide bonds. The van der Waals surface area contributed by atoms with Gasteiger partial charge in [0.2, 0.25) is 5.82 Å². The molecule has 1 aromatic carbocycles.